The van der Waals surface area contributed by atoms with Gasteiger partial charge in [0.15, 0.2) is 9.84 Å². The van der Waals surface area contributed by atoms with Gasteiger partial charge in [0.05, 0.1) is 17.5 Å². The minimum atomic E-state index is -2.83. The molecule has 0 aromatic rings. The zero-order valence-corrected chi connectivity index (χ0v) is 12.9. The molecule has 5 nitrogen and oxygen atoms in total. The van der Waals surface area contributed by atoms with E-state index in [9.17, 15) is 13.2 Å². The molecular formula is C13H26N2O3S. The van der Waals surface area contributed by atoms with Crippen molar-refractivity contribution in [1.82, 2.24) is 10.6 Å². The van der Waals surface area contributed by atoms with Gasteiger partial charge in [-0.3, -0.25) is 4.79 Å². The first kappa shape index (κ1) is 16.4. The third-order valence-corrected chi connectivity index (χ3v) is 5.60. The molecule has 2 unspecified atom stereocenters. The van der Waals surface area contributed by atoms with Crippen molar-refractivity contribution in [3.8, 4) is 0 Å². The molecule has 0 spiro atoms. The number of hydrogen-bond acceptors (Lipinski definition) is 4. The molecule has 112 valence electrons. The first-order valence-electron chi connectivity index (χ1n) is 7.12. The molecule has 0 radical (unpaired) electrons. The average molecular weight is 290 g/mol. The van der Waals surface area contributed by atoms with Crippen LogP contribution in [0.15, 0.2) is 0 Å². The van der Waals surface area contributed by atoms with E-state index in [4.69, 9.17) is 0 Å². The summed E-state index contributed by atoms with van der Waals surface area (Å²) in [6.45, 7) is 6.52. The molecule has 0 aromatic heterocycles. The zero-order valence-electron chi connectivity index (χ0n) is 12.1. The van der Waals surface area contributed by atoms with Gasteiger partial charge < -0.3 is 10.6 Å². The van der Waals surface area contributed by atoms with Gasteiger partial charge in [-0.05, 0) is 38.6 Å². The lowest BCUT2D eigenvalue weighted by Gasteiger charge is -2.20. The molecule has 1 rings (SSSR count). The van der Waals surface area contributed by atoms with Crippen molar-refractivity contribution >= 4 is 15.7 Å². The van der Waals surface area contributed by atoms with Crippen molar-refractivity contribution in [3.63, 3.8) is 0 Å². The highest BCUT2D eigenvalue weighted by molar-refractivity contribution is 7.91. The quantitative estimate of drug-likeness (QED) is 0.724. The van der Waals surface area contributed by atoms with E-state index in [1.807, 2.05) is 6.92 Å². The van der Waals surface area contributed by atoms with Gasteiger partial charge in [-0.25, -0.2) is 8.42 Å². The highest BCUT2D eigenvalue weighted by Gasteiger charge is 2.28. The van der Waals surface area contributed by atoms with Gasteiger partial charge in [0.2, 0.25) is 5.91 Å². The summed E-state index contributed by atoms with van der Waals surface area (Å²) in [5.41, 5.74) is 0. The molecule has 1 saturated heterocycles. The van der Waals surface area contributed by atoms with E-state index < -0.39 is 9.84 Å². The normalized spacial score (nSPS) is 23.5. The number of nitrogens with one attached hydrogen (secondary N) is 2. The van der Waals surface area contributed by atoms with Crippen LogP contribution < -0.4 is 10.6 Å². The molecule has 2 N–H and O–H groups in total. The summed E-state index contributed by atoms with van der Waals surface area (Å²) in [7, 11) is -2.83. The Hall–Kier alpha value is -0.620. The monoisotopic (exact) mass is 290 g/mol. The lowest BCUT2D eigenvalue weighted by Crippen LogP contribution is -2.47. The Morgan fingerprint density at radius 3 is 2.42 bits per heavy atom. The van der Waals surface area contributed by atoms with E-state index in [0.717, 1.165) is 12.8 Å². The summed E-state index contributed by atoms with van der Waals surface area (Å²) in [6, 6.07) is -0.0486. The van der Waals surface area contributed by atoms with Crippen LogP contribution in [-0.4, -0.2) is 44.5 Å². The first-order chi connectivity index (χ1) is 8.88. The van der Waals surface area contributed by atoms with E-state index in [0.29, 0.717) is 13.0 Å². The molecule has 1 aliphatic rings. The topological polar surface area (TPSA) is 75.3 Å². The van der Waals surface area contributed by atoms with Crippen LogP contribution in [0.3, 0.4) is 0 Å². The van der Waals surface area contributed by atoms with Crippen LogP contribution in [0.2, 0.25) is 0 Å². The van der Waals surface area contributed by atoms with E-state index in [1.54, 1.807) is 0 Å². The smallest absolute Gasteiger partial charge is 0.237 e. The molecule has 1 aliphatic heterocycles. The minimum absolute atomic E-state index is 0.00504. The predicted octanol–water partition coefficient (Wildman–Crippen LogP) is 0.704. The standard InChI is InChI=1S/C13H26N2O3S/c1-4-12(5-2)15-13(16)10(3)14-8-11-6-7-19(17,18)9-11/h10-12,14H,4-9H2,1-3H3,(H,15,16). The van der Waals surface area contributed by atoms with Crippen molar-refractivity contribution in [1.29, 1.82) is 0 Å². The second kappa shape index (κ2) is 7.24. The highest BCUT2D eigenvalue weighted by atomic mass is 32.2. The molecule has 1 heterocycles. The SMILES string of the molecule is CCC(CC)NC(=O)C(C)NCC1CCS(=O)(=O)C1. The van der Waals surface area contributed by atoms with Crippen LogP contribution in [0.4, 0.5) is 0 Å². The van der Waals surface area contributed by atoms with Crippen LogP contribution in [0.1, 0.15) is 40.0 Å². The van der Waals surface area contributed by atoms with Gasteiger partial charge in [-0.2, -0.15) is 0 Å². The third kappa shape index (κ3) is 5.48. The second-order valence-corrected chi connectivity index (χ2v) is 7.65. The fourth-order valence-corrected chi connectivity index (χ4v) is 4.15. The Labute approximate surface area is 116 Å². The molecule has 0 aliphatic carbocycles. The summed E-state index contributed by atoms with van der Waals surface area (Å²) in [6.07, 6.45) is 2.56. The van der Waals surface area contributed by atoms with Crippen LogP contribution in [-0.2, 0) is 14.6 Å². The molecule has 0 bridgehead atoms. The fourth-order valence-electron chi connectivity index (χ4n) is 2.29. The van der Waals surface area contributed by atoms with Crippen LogP contribution >= 0.6 is 0 Å². The second-order valence-electron chi connectivity index (χ2n) is 5.42. The highest BCUT2D eigenvalue weighted by Crippen LogP contribution is 2.17. The van der Waals surface area contributed by atoms with Gasteiger partial charge in [0, 0.05) is 6.04 Å². The maximum atomic E-state index is 11.9. The molecule has 0 aromatic carbocycles. The van der Waals surface area contributed by atoms with Gasteiger partial charge in [-0.1, -0.05) is 13.8 Å². The largest absolute Gasteiger partial charge is 0.352 e. The molecular weight excluding hydrogens is 264 g/mol. The van der Waals surface area contributed by atoms with E-state index in [2.05, 4.69) is 24.5 Å². The minimum Gasteiger partial charge on any atom is -0.352 e. The summed E-state index contributed by atoms with van der Waals surface area (Å²) >= 11 is 0. The maximum Gasteiger partial charge on any atom is 0.237 e. The molecule has 2 atom stereocenters. The molecule has 1 fully saturated rings. The number of hydrogen-bond donors (Lipinski definition) is 2. The Morgan fingerprint density at radius 2 is 1.95 bits per heavy atom. The van der Waals surface area contributed by atoms with Crippen molar-refractivity contribution in [3.05, 3.63) is 0 Å². The van der Waals surface area contributed by atoms with E-state index in [-0.39, 0.29) is 35.4 Å². The van der Waals surface area contributed by atoms with Gasteiger partial charge in [0.25, 0.3) is 0 Å². The summed E-state index contributed by atoms with van der Waals surface area (Å²) in [5.74, 6) is 0.678. The van der Waals surface area contributed by atoms with Crippen molar-refractivity contribution in [2.75, 3.05) is 18.1 Å². The molecule has 1 amide bonds. The van der Waals surface area contributed by atoms with Crippen molar-refractivity contribution < 1.29 is 13.2 Å². The maximum absolute atomic E-state index is 11.9. The lowest BCUT2D eigenvalue weighted by atomic mass is 10.1. The third-order valence-electron chi connectivity index (χ3n) is 3.76. The van der Waals surface area contributed by atoms with E-state index in [1.165, 1.54) is 0 Å². The van der Waals surface area contributed by atoms with Crippen molar-refractivity contribution in [2.24, 2.45) is 5.92 Å². The zero-order chi connectivity index (χ0) is 14.5. The summed E-state index contributed by atoms with van der Waals surface area (Å²) < 4.78 is 22.7. The van der Waals surface area contributed by atoms with Crippen LogP contribution in [0.5, 0.6) is 0 Å². The Morgan fingerprint density at radius 1 is 1.32 bits per heavy atom. The number of amides is 1. The Balaban J connectivity index is 2.31. The molecule has 6 heteroatoms. The average Bonchev–Trinajstić information content (AvgIpc) is 2.72. The predicted molar refractivity (Wildman–Crippen MR) is 76.7 cm³/mol. The Kier molecular flexibility index (Phi) is 6.26. The Bertz CT molecular complexity index is 391. The fraction of sp³-hybridized carbons (Fsp3) is 0.923. The number of carbonyl (C=O) groups excluding carboxylic acids is 1. The molecule has 19 heavy (non-hydrogen) atoms. The van der Waals surface area contributed by atoms with Crippen LogP contribution in [0, 0.1) is 5.92 Å². The number of sulfone groups is 1. The lowest BCUT2D eigenvalue weighted by molar-refractivity contribution is -0.123. The summed E-state index contributed by atoms with van der Waals surface area (Å²) in [4.78, 5) is 11.9. The van der Waals surface area contributed by atoms with Gasteiger partial charge in [-0.15, -0.1) is 0 Å². The first-order valence-corrected chi connectivity index (χ1v) is 8.94. The van der Waals surface area contributed by atoms with Crippen LogP contribution in [0.25, 0.3) is 0 Å². The van der Waals surface area contributed by atoms with Crippen molar-refractivity contribution in [2.45, 2.75) is 52.1 Å². The van der Waals surface area contributed by atoms with E-state index >= 15 is 0 Å². The molecule has 0 saturated carbocycles. The van der Waals surface area contributed by atoms with Gasteiger partial charge in [0.1, 0.15) is 0 Å². The van der Waals surface area contributed by atoms with Gasteiger partial charge >= 0.3 is 0 Å². The number of carbonyl (C=O) groups is 1. The summed E-state index contributed by atoms with van der Waals surface area (Å²) in [5, 5.41) is 6.13. The number of rotatable bonds is 7.